The van der Waals surface area contributed by atoms with Crippen molar-refractivity contribution in [1.82, 2.24) is 0 Å². The molecule has 0 atom stereocenters. The predicted octanol–water partition coefficient (Wildman–Crippen LogP) is 5.17. The maximum Gasteiger partial charge on any atom is 0.264 e. The monoisotopic (exact) mass is 527 g/mol. The van der Waals surface area contributed by atoms with E-state index in [0.717, 1.165) is 24.3 Å². The molecule has 8 heteroatoms. The fourth-order valence-electron chi connectivity index (χ4n) is 4.43. The molecule has 0 saturated carbocycles. The molecule has 5 rings (SSSR count). The summed E-state index contributed by atoms with van der Waals surface area (Å²) in [4.78, 5) is 15.9. The molecule has 7 nitrogen and oxygen atoms in total. The quantitative estimate of drug-likeness (QED) is 0.342. The number of anilines is 3. The van der Waals surface area contributed by atoms with Crippen LogP contribution in [0.4, 0.5) is 17.1 Å². The van der Waals surface area contributed by atoms with Crippen molar-refractivity contribution in [2.75, 3.05) is 40.8 Å². The first-order valence-corrected chi connectivity index (χ1v) is 13.9. The first kappa shape index (κ1) is 25.5. The summed E-state index contributed by atoms with van der Waals surface area (Å²) in [6.07, 6.45) is 0. The summed E-state index contributed by atoms with van der Waals surface area (Å²) >= 11 is 0. The van der Waals surface area contributed by atoms with Crippen molar-refractivity contribution in [3.05, 3.63) is 120 Å². The normalized spacial score (nSPS) is 13.6. The van der Waals surface area contributed by atoms with E-state index in [-0.39, 0.29) is 22.9 Å². The number of carbonyl (C=O) groups is 1. The Hall–Kier alpha value is -4.14. The van der Waals surface area contributed by atoms with Gasteiger partial charge in [0.1, 0.15) is 0 Å². The summed E-state index contributed by atoms with van der Waals surface area (Å²) in [5, 5.41) is 2.94. The molecule has 194 valence electrons. The summed E-state index contributed by atoms with van der Waals surface area (Å²) in [5.74, 6) is -0.388. The second kappa shape index (κ2) is 11.5. The van der Waals surface area contributed by atoms with Crippen molar-refractivity contribution in [2.24, 2.45) is 0 Å². The summed E-state index contributed by atoms with van der Waals surface area (Å²) in [6.45, 7) is 3.12. The van der Waals surface area contributed by atoms with E-state index >= 15 is 0 Å². The number of sulfonamides is 1. The largest absolute Gasteiger partial charge is 0.378 e. The molecular weight excluding hydrogens is 498 g/mol. The molecular formula is C30H29N3O4S. The maximum absolute atomic E-state index is 13.8. The molecule has 0 unspecified atom stereocenters. The average Bonchev–Trinajstić information content (AvgIpc) is 2.98. The van der Waals surface area contributed by atoms with Crippen molar-refractivity contribution < 1.29 is 17.9 Å². The minimum atomic E-state index is -3.96. The lowest BCUT2D eigenvalue weighted by molar-refractivity contribution is 0.102. The summed E-state index contributed by atoms with van der Waals surface area (Å²) in [7, 11) is -3.96. The van der Waals surface area contributed by atoms with Crippen LogP contribution in [0.2, 0.25) is 0 Å². The zero-order valence-electron chi connectivity index (χ0n) is 20.9. The van der Waals surface area contributed by atoms with Gasteiger partial charge in [-0.2, -0.15) is 0 Å². The molecule has 1 fully saturated rings. The highest BCUT2D eigenvalue weighted by Gasteiger charge is 2.28. The third kappa shape index (κ3) is 5.72. The maximum atomic E-state index is 13.8. The van der Waals surface area contributed by atoms with Crippen LogP contribution in [0, 0.1) is 0 Å². The highest BCUT2D eigenvalue weighted by molar-refractivity contribution is 7.92. The van der Waals surface area contributed by atoms with E-state index in [1.54, 1.807) is 54.6 Å². The van der Waals surface area contributed by atoms with Gasteiger partial charge in [-0.3, -0.25) is 9.10 Å². The van der Waals surface area contributed by atoms with Crippen LogP contribution in [-0.4, -0.2) is 40.6 Å². The zero-order chi connectivity index (χ0) is 26.4. The summed E-state index contributed by atoms with van der Waals surface area (Å²) in [5.41, 5.74) is 3.07. The van der Waals surface area contributed by atoms with E-state index in [9.17, 15) is 13.2 Å². The molecule has 4 aromatic rings. The molecule has 1 amide bonds. The van der Waals surface area contributed by atoms with E-state index in [1.165, 1.54) is 4.31 Å². The Balaban J connectivity index is 1.45. The van der Waals surface area contributed by atoms with Crippen molar-refractivity contribution in [3.8, 4) is 0 Å². The van der Waals surface area contributed by atoms with Gasteiger partial charge in [0.25, 0.3) is 15.9 Å². The average molecular weight is 528 g/mol. The fraction of sp³-hybridized carbons (Fsp3) is 0.167. The topological polar surface area (TPSA) is 79.0 Å². The number of carbonyl (C=O) groups excluding carboxylic acids is 1. The van der Waals surface area contributed by atoms with Gasteiger partial charge < -0.3 is 15.0 Å². The zero-order valence-corrected chi connectivity index (χ0v) is 21.7. The molecule has 1 heterocycles. The van der Waals surface area contributed by atoms with Crippen LogP contribution in [0.25, 0.3) is 0 Å². The van der Waals surface area contributed by atoms with E-state index in [2.05, 4.69) is 10.2 Å². The van der Waals surface area contributed by atoms with Gasteiger partial charge in [-0.1, -0.05) is 60.7 Å². The molecule has 0 bridgehead atoms. The first-order chi connectivity index (χ1) is 18.5. The van der Waals surface area contributed by atoms with Crippen molar-refractivity contribution in [1.29, 1.82) is 0 Å². The third-order valence-corrected chi connectivity index (χ3v) is 8.19. The number of amides is 1. The highest BCUT2D eigenvalue weighted by Crippen LogP contribution is 2.30. The Labute approximate surface area is 223 Å². The lowest BCUT2D eigenvalue weighted by atomic mass is 10.1. The highest BCUT2D eigenvalue weighted by atomic mass is 32.2. The summed E-state index contributed by atoms with van der Waals surface area (Å²) in [6, 6.07) is 32.0. The van der Waals surface area contributed by atoms with Gasteiger partial charge in [-0.05, 0) is 54.1 Å². The molecule has 0 aliphatic carbocycles. The minimum absolute atomic E-state index is 0.0800. The fourth-order valence-corrected chi connectivity index (χ4v) is 5.92. The van der Waals surface area contributed by atoms with Crippen LogP contribution in [0.15, 0.2) is 114 Å². The van der Waals surface area contributed by atoms with Crippen molar-refractivity contribution in [2.45, 2.75) is 11.4 Å². The number of para-hydroxylation sites is 1. The standard InChI is InChI=1S/C30H29N3O4S/c34-30(31-25-15-17-26(18-16-25)32-19-21-37-22-20-32)28-13-7-8-14-29(28)33(23-24-9-3-1-4-10-24)38(35,36)27-11-5-2-6-12-27/h1-18H,19-23H2,(H,31,34). The van der Waals surface area contributed by atoms with E-state index in [1.807, 2.05) is 54.6 Å². The van der Waals surface area contributed by atoms with Crippen LogP contribution in [0.5, 0.6) is 0 Å². The van der Waals surface area contributed by atoms with Gasteiger partial charge >= 0.3 is 0 Å². The molecule has 1 aliphatic rings. The minimum Gasteiger partial charge on any atom is -0.378 e. The first-order valence-electron chi connectivity index (χ1n) is 12.5. The van der Waals surface area contributed by atoms with Crippen molar-refractivity contribution >= 4 is 33.0 Å². The van der Waals surface area contributed by atoms with Gasteiger partial charge in [0.2, 0.25) is 0 Å². The molecule has 0 aromatic heterocycles. The SMILES string of the molecule is O=C(Nc1ccc(N2CCOCC2)cc1)c1ccccc1N(Cc1ccccc1)S(=O)(=O)c1ccccc1. The molecule has 38 heavy (non-hydrogen) atoms. The molecule has 0 radical (unpaired) electrons. The van der Waals surface area contributed by atoms with Crippen LogP contribution >= 0.6 is 0 Å². The van der Waals surface area contributed by atoms with Gasteiger partial charge in [0.05, 0.1) is 35.9 Å². The van der Waals surface area contributed by atoms with Gasteiger partial charge in [0, 0.05) is 24.5 Å². The lowest BCUT2D eigenvalue weighted by Gasteiger charge is -2.29. The van der Waals surface area contributed by atoms with E-state index < -0.39 is 10.0 Å². The third-order valence-electron chi connectivity index (χ3n) is 6.42. The van der Waals surface area contributed by atoms with Crippen LogP contribution < -0.4 is 14.5 Å². The molecule has 1 saturated heterocycles. The molecule has 4 aromatic carbocycles. The van der Waals surface area contributed by atoms with Crippen LogP contribution in [0.3, 0.4) is 0 Å². The number of rotatable bonds is 8. The molecule has 1 N–H and O–H groups in total. The Morgan fingerprint density at radius 3 is 2.08 bits per heavy atom. The number of benzene rings is 4. The lowest BCUT2D eigenvalue weighted by Crippen LogP contribution is -2.36. The number of ether oxygens (including phenoxy) is 1. The Kier molecular flexibility index (Phi) is 7.72. The Bertz CT molecular complexity index is 1470. The van der Waals surface area contributed by atoms with E-state index in [4.69, 9.17) is 4.74 Å². The van der Waals surface area contributed by atoms with Gasteiger partial charge in [-0.25, -0.2) is 8.42 Å². The van der Waals surface area contributed by atoms with Crippen molar-refractivity contribution in [3.63, 3.8) is 0 Å². The second-order valence-electron chi connectivity index (χ2n) is 8.93. The Morgan fingerprint density at radius 1 is 0.789 bits per heavy atom. The second-order valence-corrected chi connectivity index (χ2v) is 10.8. The number of nitrogens with zero attached hydrogens (tertiary/aromatic N) is 2. The number of hydrogen-bond acceptors (Lipinski definition) is 5. The van der Waals surface area contributed by atoms with Gasteiger partial charge in [-0.15, -0.1) is 0 Å². The number of morpholine rings is 1. The Morgan fingerprint density at radius 2 is 1.39 bits per heavy atom. The number of nitrogens with one attached hydrogen (secondary N) is 1. The number of hydrogen-bond donors (Lipinski definition) is 1. The molecule has 0 spiro atoms. The predicted molar refractivity (Wildman–Crippen MR) is 150 cm³/mol. The van der Waals surface area contributed by atoms with E-state index in [0.29, 0.717) is 24.6 Å². The van der Waals surface area contributed by atoms with Crippen LogP contribution in [0.1, 0.15) is 15.9 Å². The van der Waals surface area contributed by atoms with Gasteiger partial charge in [0.15, 0.2) is 0 Å². The smallest absolute Gasteiger partial charge is 0.264 e. The summed E-state index contributed by atoms with van der Waals surface area (Å²) < 4.78 is 34.4. The molecule has 1 aliphatic heterocycles. The van der Waals surface area contributed by atoms with Crippen LogP contribution in [-0.2, 0) is 21.3 Å².